The Labute approximate surface area is 119 Å². The van der Waals surface area contributed by atoms with Gasteiger partial charge in [0.25, 0.3) is 0 Å². The molecule has 20 heavy (non-hydrogen) atoms. The van der Waals surface area contributed by atoms with E-state index >= 15 is 0 Å². The summed E-state index contributed by atoms with van der Waals surface area (Å²) in [6.45, 7) is 1.58. The Morgan fingerprint density at radius 1 is 1.25 bits per heavy atom. The number of benzene rings is 1. The minimum atomic E-state index is 0.0871. The normalized spacial score (nSPS) is 16.6. The molecular formula is C17H19NO2. The van der Waals surface area contributed by atoms with Crippen LogP contribution in [0.5, 0.6) is 5.75 Å². The Morgan fingerprint density at radius 2 is 2.00 bits per heavy atom. The third-order valence-corrected chi connectivity index (χ3v) is 3.28. The zero-order chi connectivity index (χ0) is 14.7. The van der Waals surface area contributed by atoms with Crippen molar-refractivity contribution in [2.24, 2.45) is 0 Å². The smallest absolute Gasteiger partial charge is 0.159 e. The Bertz CT molecular complexity index is 622. The second kappa shape index (κ2) is 5.78. The summed E-state index contributed by atoms with van der Waals surface area (Å²) >= 11 is 0. The highest BCUT2D eigenvalue weighted by Crippen LogP contribution is 2.29. The van der Waals surface area contributed by atoms with Crippen molar-refractivity contribution in [2.75, 3.05) is 14.1 Å². The Morgan fingerprint density at radius 3 is 2.50 bits per heavy atom. The number of carbonyl (C=O) groups is 1. The Balaban J connectivity index is 2.43. The van der Waals surface area contributed by atoms with E-state index < -0.39 is 0 Å². The lowest BCUT2D eigenvalue weighted by Gasteiger charge is -2.22. The molecule has 0 heterocycles. The Kier molecular flexibility index (Phi) is 4.08. The van der Waals surface area contributed by atoms with E-state index in [1.165, 1.54) is 0 Å². The van der Waals surface area contributed by atoms with Gasteiger partial charge in [-0.1, -0.05) is 30.4 Å². The molecule has 0 aromatic heterocycles. The van der Waals surface area contributed by atoms with Gasteiger partial charge in [-0.25, -0.2) is 0 Å². The Hall–Kier alpha value is -2.29. The van der Waals surface area contributed by atoms with E-state index in [4.69, 9.17) is 0 Å². The number of aromatic hydroxyl groups is 1. The molecule has 0 spiro atoms. The van der Waals surface area contributed by atoms with Crippen LogP contribution in [0.3, 0.4) is 0 Å². The molecule has 0 aliphatic heterocycles. The van der Waals surface area contributed by atoms with Crippen molar-refractivity contribution < 1.29 is 9.90 Å². The molecule has 0 unspecified atom stereocenters. The third-order valence-electron chi connectivity index (χ3n) is 3.28. The lowest BCUT2D eigenvalue weighted by atomic mass is 9.95. The molecular weight excluding hydrogens is 250 g/mol. The first-order valence-corrected chi connectivity index (χ1v) is 6.58. The molecule has 0 radical (unpaired) electrons. The highest BCUT2D eigenvalue weighted by molar-refractivity contribution is 5.96. The van der Waals surface area contributed by atoms with Crippen LogP contribution in [0.1, 0.15) is 18.9 Å². The van der Waals surface area contributed by atoms with E-state index in [9.17, 15) is 9.90 Å². The lowest BCUT2D eigenvalue weighted by Crippen LogP contribution is -2.13. The summed E-state index contributed by atoms with van der Waals surface area (Å²) in [5.74, 6) is 0.339. The summed E-state index contributed by atoms with van der Waals surface area (Å²) in [6.07, 6.45) is 6.50. The van der Waals surface area contributed by atoms with Crippen LogP contribution >= 0.6 is 0 Å². The zero-order valence-electron chi connectivity index (χ0n) is 12.1. The van der Waals surface area contributed by atoms with Gasteiger partial charge in [0, 0.05) is 30.9 Å². The quantitative estimate of drug-likeness (QED) is 0.916. The summed E-state index contributed by atoms with van der Waals surface area (Å²) in [7, 11) is 3.95. The maximum atomic E-state index is 11.3. The zero-order valence-corrected chi connectivity index (χ0v) is 12.1. The van der Waals surface area contributed by atoms with E-state index in [0.717, 1.165) is 22.4 Å². The average Bonchev–Trinajstić information content (AvgIpc) is 2.39. The number of nitrogens with zero attached hydrogens (tertiary/aromatic N) is 1. The molecule has 0 saturated carbocycles. The molecule has 3 heteroatoms. The molecule has 1 aromatic rings. The minimum Gasteiger partial charge on any atom is -0.508 e. The van der Waals surface area contributed by atoms with Crippen LogP contribution in [0.2, 0.25) is 0 Å². The molecule has 1 N–H and O–H groups in total. The SMILES string of the molecule is CC(=O)C1=CCC(=C(c2cccc(O)c2)N(C)C)C=C1. The van der Waals surface area contributed by atoms with E-state index in [1.807, 2.05) is 49.4 Å². The topological polar surface area (TPSA) is 40.5 Å². The average molecular weight is 269 g/mol. The van der Waals surface area contributed by atoms with Crippen molar-refractivity contribution in [3.05, 3.63) is 59.2 Å². The number of carbonyl (C=O) groups excluding carboxylic acids is 1. The van der Waals surface area contributed by atoms with Crippen molar-refractivity contribution in [1.29, 1.82) is 0 Å². The van der Waals surface area contributed by atoms with Gasteiger partial charge in [-0.2, -0.15) is 0 Å². The molecule has 1 aliphatic rings. The second-order valence-corrected chi connectivity index (χ2v) is 5.07. The van der Waals surface area contributed by atoms with Crippen molar-refractivity contribution >= 4 is 11.5 Å². The summed E-state index contributed by atoms with van der Waals surface area (Å²) in [4.78, 5) is 13.4. The van der Waals surface area contributed by atoms with Crippen LogP contribution in [0.25, 0.3) is 5.70 Å². The van der Waals surface area contributed by atoms with Crippen LogP contribution in [0.4, 0.5) is 0 Å². The number of phenolic OH excluding ortho intramolecular Hbond substituents is 1. The number of rotatable bonds is 3. The van der Waals surface area contributed by atoms with Gasteiger partial charge < -0.3 is 10.0 Å². The fraction of sp³-hybridized carbons (Fsp3) is 0.235. The van der Waals surface area contributed by atoms with Crippen LogP contribution in [0, 0.1) is 0 Å². The number of hydrogen-bond acceptors (Lipinski definition) is 3. The van der Waals surface area contributed by atoms with Gasteiger partial charge in [0.2, 0.25) is 0 Å². The highest BCUT2D eigenvalue weighted by Gasteiger charge is 2.13. The molecule has 104 valence electrons. The standard InChI is InChI=1S/C17H19NO2/c1-12(19)13-7-9-14(10-8-13)17(18(2)3)15-5-4-6-16(20)11-15/h4-9,11,20H,10H2,1-3H3. The van der Waals surface area contributed by atoms with Gasteiger partial charge >= 0.3 is 0 Å². The monoisotopic (exact) mass is 269 g/mol. The van der Waals surface area contributed by atoms with E-state index in [0.29, 0.717) is 6.42 Å². The van der Waals surface area contributed by atoms with Gasteiger partial charge in [0.1, 0.15) is 5.75 Å². The molecule has 0 saturated heterocycles. The predicted molar refractivity (Wildman–Crippen MR) is 81.2 cm³/mol. The number of phenols is 1. The van der Waals surface area contributed by atoms with Crippen molar-refractivity contribution in [1.82, 2.24) is 4.90 Å². The first-order valence-electron chi connectivity index (χ1n) is 6.58. The number of Topliss-reactive ketones (excluding diaryl/α,β-unsaturated/α-hetero) is 1. The van der Waals surface area contributed by atoms with E-state index in [-0.39, 0.29) is 11.5 Å². The molecule has 0 bridgehead atoms. The summed E-state index contributed by atoms with van der Waals surface area (Å²) in [5.41, 5.74) is 3.90. The van der Waals surface area contributed by atoms with Gasteiger partial charge in [-0.05, 0) is 31.1 Å². The number of hydrogen-bond donors (Lipinski definition) is 1. The summed E-state index contributed by atoms with van der Waals surface area (Å²) < 4.78 is 0. The van der Waals surface area contributed by atoms with Gasteiger partial charge in [-0.15, -0.1) is 0 Å². The first kappa shape index (κ1) is 14.1. The van der Waals surface area contributed by atoms with Crippen molar-refractivity contribution in [2.45, 2.75) is 13.3 Å². The molecule has 1 aliphatic carbocycles. The summed E-state index contributed by atoms with van der Waals surface area (Å²) in [6, 6.07) is 7.21. The van der Waals surface area contributed by atoms with Crippen LogP contribution in [0.15, 0.2) is 53.6 Å². The largest absolute Gasteiger partial charge is 0.508 e. The molecule has 0 fully saturated rings. The number of allylic oxidation sites excluding steroid dienone is 5. The van der Waals surface area contributed by atoms with Crippen LogP contribution < -0.4 is 0 Å². The van der Waals surface area contributed by atoms with Crippen molar-refractivity contribution in [3.63, 3.8) is 0 Å². The van der Waals surface area contributed by atoms with Gasteiger partial charge in [0.15, 0.2) is 5.78 Å². The maximum absolute atomic E-state index is 11.3. The van der Waals surface area contributed by atoms with E-state index in [2.05, 4.69) is 0 Å². The fourth-order valence-corrected chi connectivity index (χ4v) is 2.37. The van der Waals surface area contributed by atoms with Crippen LogP contribution in [-0.4, -0.2) is 29.9 Å². The maximum Gasteiger partial charge on any atom is 0.159 e. The molecule has 2 rings (SSSR count). The van der Waals surface area contributed by atoms with E-state index in [1.54, 1.807) is 19.1 Å². The van der Waals surface area contributed by atoms with Gasteiger partial charge in [0.05, 0.1) is 0 Å². The predicted octanol–water partition coefficient (Wildman–Crippen LogP) is 3.14. The van der Waals surface area contributed by atoms with Crippen LogP contribution in [-0.2, 0) is 4.79 Å². The second-order valence-electron chi connectivity index (χ2n) is 5.07. The fourth-order valence-electron chi connectivity index (χ4n) is 2.37. The molecule has 0 atom stereocenters. The summed E-state index contributed by atoms with van der Waals surface area (Å²) in [5, 5.41) is 9.64. The third kappa shape index (κ3) is 2.99. The first-order chi connectivity index (χ1) is 9.49. The van der Waals surface area contributed by atoms with Crippen molar-refractivity contribution in [3.8, 4) is 5.75 Å². The molecule has 0 amide bonds. The lowest BCUT2D eigenvalue weighted by molar-refractivity contribution is -0.113. The minimum absolute atomic E-state index is 0.0871. The van der Waals surface area contributed by atoms with Gasteiger partial charge in [-0.3, -0.25) is 4.79 Å². The number of ketones is 1. The highest BCUT2D eigenvalue weighted by atomic mass is 16.3. The molecule has 3 nitrogen and oxygen atoms in total. The molecule has 1 aromatic carbocycles.